The number of alkyl halides is 2. The largest absolute Gasteiger partial charge is 0.390 e. The lowest BCUT2D eigenvalue weighted by Crippen LogP contribution is -2.70. The van der Waals surface area contributed by atoms with Crippen molar-refractivity contribution in [2.24, 2.45) is 28.6 Å². The molecule has 1 heterocycles. The van der Waals surface area contributed by atoms with Gasteiger partial charge < -0.3 is 10.2 Å². The second-order valence-corrected chi connectivity index (χ2v) is 12.6. The normalized spacial score (nSPS) is 45.7. The van der Waals surface area contributed by atoms with Crippen molar-refractivity contribution >= 4 is 23.2 Å². The highest BCUT2D eigenvalue weighted by atomic mass is 35.5. The fourth-order valence-electron chi connectivity index (χ4n) is 8.83. The number of nitrogens with zero attached hydrogens (tertiary/aromatic N) is 1. The van der Waals surface area contributed by atoms with Crippen LogP contribution >= 0.6 is 11.6 Å². The van der Waals surface area contributed by atoms with Crippen LogP contribution in [0, 0.1) is 28.6 Å². The molecule has 0 spiro atoms. The van der Waals surface area contributed by atoms with E-state index in [-0.39, 0.29) is 24.3 Å². The van der Waals surface area contributed by atoms with E-state index in [0.717, 1.165) is 5.56 Å². The topological polar surface area (TPSA) is 87.1 Å². The quantitative estimate of drug-likeness (QED) is 0.594. The molecule has 0 aromatic heterocycles. The summed E-state index contributed by atoms with van der Waals surface area (Å²) >= 11 is 6.01. The first-order valence-corrected chi connectivity index (χ1v) is 13.6. The number of aliphatic hydroxyl groups is 2. The predicted octanol–water partition coefficient (Wildman–Crippen LogP) is 3.93. The summed E-state index contributed by atoms with van der Waals surface area (Å²) in [4.78, 5) is 32.0. The van der Waals surface area contributed by atoms with Gasteiger partial charge in [-0.2, -0.15) is 5.06 Å². The Morgan fingerprint density at radius 3 is 2.61 bits per heavy atom. The minimum atomic E-state index is -2.23. The van der Waals surface area contributed by atoms with Crippen LogP contribution in [0.25, 0.3) is 0 Å². The van der Waals surface area contributed by atoms with Gasteiger partial charge in [-0.3, -0.25) is 14.4 Å². The van der Waals surface area contributed by atoms with E-state index in [1.165, 1.54) is 18.2 Å². The van der Waals surface area contributed by atoms with Crippen molar-refractivity contribution in [1.29, 1.82) is 0 Å². The molecular weight excluding hydrogens is 516 g/mol. The molecule has 1 aliphatic heterocycles. The van der Waals surface area contributed by atoms with Gasteiger partial charge in [0.1, 0.15) is 12.8 Å². The van der Waals surface area contributed by atoms with Gasteiger partial charge in [0.05, 0.1) is 6.10 Å². The van der Waals surface area contributed by atoms with E-state index in [1.807, 2.05) is 19.1 Å². The molecule has 5 aliphatic rings. The number of Topliss-reactive ketones (excluding diaryl/α,β-unsaturated/α-hetero) is 1. The number of aliphatic hydroxyl groups excluding tert-OH is 2. The number of ketones is 2. The monoisotopic (exact) mass is 547 g/mol. The number of hydroxylamine groups is 2. The Morgan fingerprint density at radius 1 is 1.21 bits per heavy atom. The van der Waals surface area contributed by atoms with E-state index in [9.17, 15) is 19.8 Å². The summed E-state index contributed by atoms with van der Waals surface area (Å²) in [6, 6.07) is 7.27. The van der Waals surface area contributed by atoms with Crippen molar-refractivity contribution in [3.8, 4) is 0 Å². The molecule has 9 heteroatoms. The van der Waals surface area contributed by atoms with E-state index < -0.39 is 64.4 Å². The van der Waals surface area contributed by atoms with Gasteiger partial charge in [-0.1, -0.05) is 36.7 Å². The molecule has 6 nitrogen and oxygen atoms in total. The number of benzene rings is 1. The summed E-state index contributed by atoms with van der Waals surface area (Å²) in [5.41, 5.74) is -5.24. The molecule has 1 aromatic rings. The molecule has 1 saturated heterocycles. The lowest BCUT2D eigenvalue weighted by atomic mass is 9.44. The van der Waals surface area contributed by atoms with Gasteiger partial charge in [-0.15, -0.1) is 0 Å². The highest BCUT2D eigenvalue weighted by Crippen LogP contribution is 2.72. The summed E-state index contributed by atoms with van der Waals surface area (Å²) in [7, 11) is 0. The Balaban J connectivity index is 1.39. The van der Waals surface area contributed by atoms with Gasteiger partial charge >= 0.3 is 0 Å². The minimum Gasteiger partial charge on any atom is -0.390 e. The molecule has 1 unspecified atom stereocenters. The first-order chi connectivity index (χ1) is 17.9. The van der Waals surface area contributed by atoms with E-state index in [4.69, 9.17) is 16.4 Å². The van der Waals surface area contributed by atoms with Crippen molar-refractivity contribution in [3.05, 3.63) is 58.7 Å². The predicted molar refractivity (Wildman–Crippen MR) is 135 cm³/mol. The molecule has 3 saturated carbocycles. The van der Waals surface area contributed by atoms with Crippen LogP contribution in [0.5, 0.6) is 0 Å². The number of hydrogen-bond acceptors (Lipinski definition) is 6. The maximum Gasteiger partial charge on any atom is 0.192 e. The second-order valence-electron chi connectivity index (χ2n) is 12.1. The highest BCUT2D eigenvalue weighted by molar-refractivity contribution is 6.30. The standard InChI is InChI=1S/C29H32ClF2NO5/c1-26-8-7-19(35)10-22(26)23(31)11-21-20-9-17-14-33(13-16-3-5-18(30)6-4-16)38-29(17,25(37)15-34)27(20,2)12-24(36)28(21,26)32/h3-8,10,17,20-21,23-24,34,36H,9,11-15H2,1-2H3/t17-,20?,21-,23-,24-,26-,27-,28-,29-/m0/s1. The number of halogens is 3. The number of carbonyl (C=O) groups excluding carboxylic acids is 2. The Hall–Kier alpha value is -1.97. The minimum absolute atomic E-state index is 0.0659. The number of hydrogen-bond donors (Lipinski definition) is 2. The molecule has 2 N–H and O–H groups in total. The lowest BCUT2D eigenvalue weighted by molar-refractivity contribution is -0.269. The molecule has 0 bridgehead atoms. The molecule has 4 aliphatic carbocycles. The molecule has 204 valence electrons. The van der Waals surface area contributed by atoms with Crippen LogP contribution in [0.4, 0.5) is 8.78 Å². The molecule has 0 radical (unpaired) electrons. The smallest absolute Gasteiger partial charge is 0.192 e. The van der Waals surface area contributed by atoms with E-state index in [1.54, 1.807) is 24.1 Å². The van der Waals surface area contributed by atoms with E-state index in [2.05, 4.69) is 0 Å². The van der Waals surface area contributed by atoms with Gasteiger partial charge in [0, 0.05) is 40.8 Å². The zero-order valence-electron chi connectivity index (χ0n) is 21.4. The lowest BCUT2D eigenvalue weighted by Gasteiger charge is -2.63. The molecule has 4 fully saturated rings. The Morgan fingerprint density at radius 2 is 1.92 bits per heavy atom. The van der Waals surface area contributed by atoms with Gasteiger partial charge in [-0.25, -0.2) is 8.78 Å². The average molecular weight is 548 g/mol. The third-order valence-corrected chi connectivity index (χ3v) is 10.8. The molecule has 1 aromatic carbocycles. The van der Waals surface area contributed by atoms with Crippen molar-refractivity contribution < 1.29 is 33.4 Å². The van der Waals surface area contributed by atoms with Crippen molar-refractivity contribution in [1.82, 2.24) is 5.06 Å². The fraction of sp³-hybridized carbons (Fsp3) is 0.586. The Kier molecular flexibility index (Phi) is 5.88. The van der Waals surface area contributed by atoms with Gasteiger partial charge in [0.15, 0.2) is 22.8 Å². The first kappa shape index (κ1) is 26.3. The molecule has 38 heavy (non-hydrogen) atoms. The number of allylic oxidation sites excluding steroid dienone is 4. The number of carbonyl (C=O) groups is 2. The van der Waals surface area contributed by atoms with Crippen LogP contribution < -0.4 is 0 Å². The molecule has 6 rings (SSSR count). The van der Waals surface area contributed by atoms with Crippen molar-refractivity contribution in [2.75, 3.05) is 13.2 Å². The number of rotatable bonds is 4. The van der Waals surface area contributed by atoms with E-state index in [0.29, 0.717) is 24.5 Å². The SMILES string of the molecule is C[C@]12C=CC(=O)C=C1[C@@H](F)C[C@H]1C3C[C@H]4CN(Cc5ccc(Cl)cc5)O[C@@]4(C(=O)CO)[C@@]3(C)C[C@H](O)[C@@]12F. The zero-order chi connectivity index (χ0) is 27.3. The van der Waals surface area contributed by atoms with Gasteiger partial charge in [0.2, 0.25) is 0 Å². The molecule has 0 amide bonds. The average Bonchev–Trinajstić information content (AvgIpc) is 3.35. The van der Waals surface area contributed by atoms with Crippen LogP contribution in [-0.4, -0.2) is 63.5 Å². The number of fused-ring (bicyclic) bond motifs is 7. The third-order valence-electron chi connectivity index (χ3n) is 10.5. The summed E-state index contributed by atoms with van der Waals surface area (Å²) in [5.74, 6) is -2.66. The molecule has 9 atom stereocenters. The maximum absolute atomic E-state index is 17.4. The van der Waals surface area contributed by atoms with Crippen molar-refractivity contribution in [2.45, 2.75) is 63.2 Å². The summed E-state index contributed by atoms with van der Waals surface area (Å²) in [5, 5.41) is 23.9. The second kappa shape index (κ2) is 8.51. The maximum atomic E-state index is 17.4. The van der Waals surface area contributed by atoms with Crippen LogP contribution in [0.2, 0.25) is 5.02 Å². The summed E-state index contributed by atoms with van der Waals surface area (Å²) in [6.07, 6.45) is 0.841. The fourth-order valence-corrected chi connectivity index (χ4v) is 8.95. The Bertz CT molecular complexity index is 1250. The third kappa shape index (κ3) is 3.18. The highest BCUT2D eigenvalue weighted by Gasteiger charge is 2.79. The summed E-state index contributed by atoms with van der Waals surface area (Å²) < 4.78 is 33.1. The van der Waals surface area contributed by atoms with Crippen LogP contribution in [-0.2, 0) is 21.0 Å². The summed E-state index contributed by atoms with van der Waals surface area (Å²) in [6.45, 7) is 3.38. The van der Waals surface area contributed by atoms with Crippen molar-refractivity contribution in [3.63, 3.8) is 0 Å². The van der Waals surface area contributed by atoms with Crippen LogP contribution in [0.15, 0.2) is 48.1 Å². The molecular formula is C29H32ClF2NO5. The zero-order valence-corrected chi connectivity index (χ0v) is 22.1. The first-order valence-electron chi connectivity index (χ1n) is 13.2. The van der Waals surface area contributed by atoms with Crippen LogP contribution in [0.1, 0.15) is 38.7 Å². The van der Waals surface area contributed by atoms with Gasteiger partial charge in [0.25, 0.3) is 0 Å². The van der Waals surface area contributed by atoms with Crippen LogP contribution in [0.3, 0.4) is 0 Å². The van der Waals surface area contributed by atoms with E-state index >= 15 is 8.78 Å². The Labute approximate surface area is 225 Å². The van der Waals surface area contributed by atoms with Gasteiger partial charge in [-0.05, 0) is 67.5 Å².